The molecular formula is C14H21NO2. The number of methoxy groups -OCH3 is 1. The van der Waals surface area contributed by atoms with E-state index in [1.54, 1.807) is 7.11 Å². The molecule has 0 bridgehead atoms. The van der Waals surface area contributed by atoms with E-state index >= 15 is 0 Å². The third-order valence-corrected chi connectivity index (χ3v) is 3.56. The van der Waals surface area contributed by atoms with Crippen molar-refractivity contribution < 1.29 is 9.84 Å². The van der Waals surface area contributed by atoms with E-state index in [1.165, 1.54) is 5.56 Å². The highest BCUT2D eigenvalue weighted by Gasteiger charge is 2.30. The largest absolute Gasteiger partial charge is 0.392 e. The number of fused-ring (bicyclic) bond motifs is 1. The minimum atomic E-state index is -0.295. The van der Waals surface area contributed by atoms with Crippen molar-refractivity contribution in [2.45, 2.75) is 38.2 Å². The van der Waals surface area contributed by atoms with Crippen LogP contribution in [-0.4, -0.2) is 29.9 Å². The Balaban J connectivity index is 2.00. The van der Waals surface area contributed by atoms with Crippen molar-refractivity contribution in [2.75, 3.05) is 13.7 Å². The number of pyridine rings is 1. The number of rotatable bonds is 5. The molecule has 1 aromatic rings. The molecule has 0 fully saturated rings. The second kappa shape index (κ2) is 5.61. The van der Waals surface area contributed by atoms with E-state index in [-0.39, 0.29) is 12.0 Å². The van der Waals surface area contributed by atoms with Gasteiger partial charge >= 0.3 is 0 Å². The molecule has 3 unspecified atom stereocenters. The van der Waals surface area contributed by atoms with Crippen LogP contribution in [0.25, 0.3) is 0 Å². The van der Waals surface area contributed by atoms with Crippen LogP contribution in [0.5, 0.6) is 0 Å². The quantitative estimate of drug-likeness (QED) is 0.850. The zero-order valence-corrected chi connectivity index (χ0v) is 10.6. The van der Waals surface area contributed by atoms with E-state index in [9.17, 15) is 5.11 Å². The maximum Gasteiger partial charge on any atom is 0.0627 e. The van der Waals surface area contributed by atoms with Crippen molar-refractivity contribution in [2.24, 2.45) is 5.92 Å². The Kier molecular flexibility index (Phi) is 4.13. The molecule has 0 spiro atoms. The van der Waals surface area contributed by atoms with Gasteiger partial charge in [-0.15, -0.1) is 0 Å². The fourth-order valence-electron chi connectivity index (χ4n) is 2.75. The predicted octanol–water partition coefficient (Wildman–Crippen LogP) is 2.14. The van der Waals surface area contributed by atoms with Crippen LogP contribution in [0.2, 0.25) is 0 Å². The zero-order chi connectivity index (χ0) is 12.3. The van der Waals surface area contributed by atoms with Crippen LogP contribution in [-0.2, 0) is 11.2 Å². The minimum Gasteiger partial charge on any atom is -0.392 e. The number of ether oxygens (including phenoxy) is 1. The van der Waals surface area contributed by atoms with Crippen molar-refractivity contribution in [3.05, 3.63) is 29.6 Å². The summed E-state index contributed by atoms with van der Waals surface area (Å²) in [4.78, 5) is 4.42. The number of aryl methyl sites for hydroxylation is 1. The molecule has 1 aromatic heterocycles. The van der Waals surface area contributed by atoms with Crippen molar-refractivity contribution in [1.82, 2.24) is 4.98 Å². The third kappa shape index (κ3) is 2.85. The lowest BCUT2D eigenvalue weighted by molar-refractivity contribution is 0.0839. The van der Waals surface area contributed by atoms with Gasteiger partial charge in [0.05, 0.1) is 6.10 Å². The van der Waals surface area contributed by atoms with E-state index in [4.69, 9.17) is 4.74 Å². The molecule has 1 heterocycles. The molecule has 1 N–H and O–H groups in total. The molecule has 0 saturated heterocycles. The second-order valence-electron chi connectivity index (χ2n) is 5.06. The normalized spacial score (nSPS) is 22.2. The van der Waals surface area contributed by atoms with Gasteiger partial charge in [-0.25, -0.2) is 0 Å². The van der Waals surface area contributed by atoms with Crippen LogP contribution >= 0.6 is 0 Å². The SMILES string of the molecule is COCC(C)CC(O)C1CCc2cccnc21. The summed E-state index contributed by atoms with van der Waals surface area (Å²) in [6.07, 6.45) is 4.38. The molecule has 2 rings (SSSR count). The van der Waals surface area contributed by atoms with Crippen molar-refractivity contribution in [1.29, 1.82) is 0 Å². The summed E-state index contributed by atoms with van der Waals surface area (Å²) in [7, 11) is 1.70. The molecule has 94 valence electrons. The Morgan fingerprint density at radius 2 is 2.41 bits per heavy atom. The number of nitrogens with zero attached hydrogens (tertiary/aromatic N) is 1. The molecule has 17 heavy (non-hydrogen) atoms. The van der Waals surface area contributed by atoms with Crippen LogP contribution in [0, 0.1) is 5.92 Å². The summed E-state index contributed by atoms with van der Waals surface area (Å²) in [6, 6.07) is 4.09. The zero-order valence-electron chi connectivity index (χ0n) is 10.6. The van der Waals surface area contributed by atoms with Gasteiger partial charge in [-0.05, 0) is 36.8 Å². The number of hydrogen-bond donors (Lipinski definition) is 1. The molecule has 3 atom stereocenters. The standard InChI is InChI=1S/C14H21NO2/c1-10(9-17-2)8-13(16)12-6-5-11-4-3-7-15-14(11)12/h3-4,7,10,12-13,16H,5-6,8-9H2,1-2H3. The molecule has 1 aliphatic carbocycles. The Labute approximate surface area is 103 Å². The van der Waals surface area contributed by atoms with Gasteiger partial charge in [-0.2, -0.15) is 0 Å². The molecule has 3 heteroatoms. The lowest BCUT2D eigenvalue weighted by Gasteiger charge is -2.21. The first-order valence-electron chi connectivity index (χ1n) is 6.33. The van der Waals surface area contributed by atoms with Gasteiger partial charge < -0.3 is 9.84 Å². The number of aliphatic hydroxyl groups is 1. The van der Waals surface area contributed by atoms with Gasteiger partial charge in [-0.1, -0.05) is 13.0 Å². The Hall–Kier alpha value is -0.930. The third-order valence-electron chi connectivity index (χ3n) is 3.56. The monoisotopic (exact) mass is 235 g/mol. The molecule has 0 radical (unpaired) electrons. The molecule has 1 aliphatic rings. The average Bonchev–Trinajstić information content (AvgIpc) is 2.72. The van der Waals surface area contributed by atoms with Crippen LogP contribution in [0.15, 0.2) is 18.3 Å². The van der Waals surface area contributed by atoms with Gasteiger partial charge in [0, 0.05) is 31.5 Å². The van der Waals surface area contributed by atoms with Crippen LogP contribution in [0.3, 0.4) is 0 Å². The summed E-state index contributed by atoms with van der Waals surface area (Å²) in [5, 5.41) is 10.3. The lowest BCUT2D eigenvalue weighted by Crippen LogP contribution is -2.22. The topological polar surface area (TPSA) is 42.4 Å². The fraction of sp³-hybridized carbons (Fsp3) is 0.643. The van der Waals surface area contributed by atoms with Crippen molar-refractivity contribution in [3.8, 4) is 0 Å². The van der Waals surface area contributed by atoms with E-state index in [1.807, 2.05) is 12.3 Å². The summed E-state index contributed by atoms with van der Waals surface area (Å²) >= 11 is 0. The van der Waals surface area contributed by atoms with E-state index in [0.717, 1.165) is 25.0 Å². The Bertz CT molecular complexity index is 367. The average molecular weight is 235 g/mol. The number of aliphatic hydroxyl groups excluding tert-OH is 1. The van der Waals surface area contributed by atoms with Gasteiger partial charge in [0.15, 0.2) is 0 Å². The van der Waals surface area contributed by atoms with Gasteiger partial charge in [0.25, 0.3) is 0 Å². The first-order valence-corrected chi connectivity index (χ1v) is 6.33. The van der Waals surface area contributed by atoms with Crippen LogP contribution < -0.4 is 0 Å². The highest BCUT2D eigenvalue weighted by molar-refractivity contribution is 5.29. The Morgan fingerprint density at radius 1 is 1.59 bits per heavy atom. The highest BCUT2D eigenvalue weighted by atomic mass is 16.5. The van der Waals surface area contributed by atoms with Crippen molar-refractivity contribution >= 4 is 0 Å². The minimum absolute atomic E-state index is 0.213. The smallest absolute Gasteiger partial charge is 0.0627 e. The fourth-order valence-corrected chi connectivity index (χ4v) is 2.75. The summed E-state index contributed by atoms with van der Waals surface area (Å²) < 4.78 is 5.11. The van der Waals surface area contributed by atoms with Gasteiger partial charge in [0.1, 0.15) is 0 Å². The van der Waals surface area contributed by atoms with E-state index in [0.29, 0.717) is 12.5 Å². The van der Waals surface area contributed by atoms with Gasteiger partial charge in [-0.3, -0.25) is 4.98 Å². The van der Waals surface area contributed by atoms with E-state index in [2.05, 4.69) is 18.0 Å². The van der Waals surface area contributed by atoms with Crippen LogP contribution in [0.4, 0.5) is 0 Å². The second-order valence-corrected chi connectivity index (χ2v) is 5.06. The number of hydrogen-bond acceptors (Lipinski definition) is 3. The predicted molar refractivity (Wildman–Crippen MR) is 67.0 cm³/mol. The Morgan fingerprint density at radius 3 is 3.18 bits per heavy atom. The maximum absolute atomic E-state index is 10.3. The highest BCUT2D eigenvalue weighted by Crippen LogP contribution is 2.35. The van der Waals surface area contributed by atoms with Gasteiger partial charge in [0.2, 0.25) is 0 Å². The van der Waals surface area contributed by atoms with Crippen molar-refractivity contribution in [3.63, 3.8) is 0 Å². The lowest BCUT2D eigenvalue weighted by atomic mass is 9.92. The van der Waals surface area contributed by atoms with E-state index < -0.39 is 0 Å². The first-order chi connectivity index (χ1) is 8.22. The molecular weight excluding hydrogens is 214 g/mol. The molecule has 0 saturated carbocycles. The summed E-state index contributed by atoms with van der Waals surface area (Å²) in [5.74, 6) is 0.605. The van der Waals surface area contributed by atoms with Crippen LogP contribution in [0.1, 0.15) is 36.9 Å². The maximum atomic E-state index is 10.3. The summed E-state index contributed by atoms with van der Waals surface area (Å²) in [5.41, 5.74) is 2.40. The molecule has 3 nitrogen and oxygen atoms in total. The molecule has 0 aromatic carbocycles. The first kappa shape index (κ1) is 12.5. The molecule has 0 aliphatic heterocycles. The molecule has 0 amide bonds. The number of aromatic nitrogens is 1. The summed E-state index contributed by atoms with van der Waals surface area (Å²) in [6.45, 7) is 2.82.